The van der Waals surface area contributed by atoms with Crippen LogP contribution in [0.1, 0.15) is 43.2 Å². The Labute approximate surface area is 103 Å². The van der Waals surface area contributed by atoms with Crippen LogP contribution in [0, 0.1) is 17.8 Å². The highest BCUT2D eigenvalue weighted by Gasteiger charge is 2.51. The topological polar surface area (TPSA) is 26.0 Å². The first-order valence-electron chi connectivity index (χ1n) is 7.14. The van der Waals surface area contributed by atoms with E-state index in [0.29, 0.717) is 0 Å². The van der Waals surface area contributed by atoms with Gasteiger partial charge in [-0.2, -0.15) is 0 Å². The molecule has 0 aliphatic heterocycles. The monoisotopic (exact) mass is 227 g/mol. The van der Waals surface area contributed by atoms with Gasteiger partial charge >= 0.3 is 0 Å². The van der Waals surface area contributed by atoms with E-state index in [0.717, 1.165) is 17.8 Å². The second-order valence-corrected chi connectivity index (χ2v) is 6.48. The molecule has 2 saturated carbocycles. The molecule has 0 saturated heterocycles. The molecule has 4 unspecified atom stereocenters. The van der Waals surface area contributed by atoms with E-state index in [2.05, 4.69) is 24.3 Å². The molecule has 2 bridgehead atoms. The summed E-state index contributed by atoms with van der Waals surface area (Å²) in [5, 5.41) is 0. The van der Waals surface area contributed by atoms with Crippen LogP contribution in [0.3, 0.4) is 0 Å². The van der Waals surface area contributed by atoms with Crippen molar-refractivity contribution in [3.8, 4) is 0 Å². The molecular weight excluding hydrogens is 206 g/mol. The van der Waals surface area contributed by atoms with E-state index in [-0.39, 0.29) is 5.54 Å². The largest absolute Gasteiger partial charge is 0.321 e. The minimum Gasteiger partial charge on any atom is -0.321 e. The first kappa shape index (κ1) is 10.1. The van der Waals surface area contributed by atoms with E-state index in [1.165, 1.54) is 49.7 Å². The van der Waals surface area contributed by atoms with Gasteiger partial charge in [0.05, 0.1) is 0 Å². The molecule has 2 N–H and O–H groups in total. The first-order chi connectivity index (χ1) is 8.27. The number of rotatable bonds is 1. The van der Waals surface area contributed by atoms with Gasteiger partial charge < -0.3 is 5.73 Å². The molecule has 0 spiro atoms. The van der Waals surface area contributed by atoms with Crippen molar-refractivity contribution in [2.75, 3.05) is 0 Å². The molecule has 17 heavy (non-hydrogen) atoms. The minimum absolute atomic E-state index is 0.0103. The van der Waals surface area contributed by atoms with Crippen LogP contribution in [-0.2, 0) is 12.0 Å². The van der Waals surface area contributed by atoms with Crippen LogP contribution in [0.2, 0.25) is 0 Å². The summed E-state index contributed by atoms with van der Waals surface area (Å²) in [7, 11) is 0. The van der Waals surface area contributed by atoms with E-state index in [9.17, 15) is 0 Å². The highest BCUT2D eigenvalue weighted by Crippen LogP contribution is 2.56. The van der Waals surface area contributed by atoms with Crippen molar-refractivity contribution in [2.45, 2.75) is 44.1 Å². The molecule has 2 fully saturated rings. The third kappa shape index (κ3) is 1.29. The van der Waals surface area contributed by atoms with Crippen molar-refractivity contribution < 1.29 is 0 Å². The lowest BCUT2D eigenvalue weighted by Gasteiger charge is -2.38. The maximum atomic E-state index is 6.86. The van der Waals surface area contributed by atoms with Crippen LogP contribution in [0.25, 0.3) is 0 Å². The molecule has 1 aromatic rings. The molecule has 90 valence electrons. The van der Waals surface area contributed by atoms with Gasteiger partial charge in [-0.25, -0.2) is 0 Å². The molecule has 0 radical (unpaired) electrons. The summed E-state index contributed by atoms with van der Waals surface area (Å²) in [6, 6.07) is 8.88. The molecule has 3 aliphatic rings. The van der Waals surface area contributed by atoms with Crippen molar-refractivity contribution >= 4 is 0 Å². The van der Waals surface area contributed by atoms with E-state index < -0.39 is 0 Å². The van der Waals surface area contributed by atoms with E-state index in [1.807, 2.05) is 0 Å². The summed E-state index contributed by atoms with van der Waals surface area (Å²) in [4.78, 5) is 0. The Hall–Kier alpha value is -0.820. The zero-order chi connectivity index (χ0) is 11.5. The molecule has 1 nitrogen and oxygen atoms in total. The summed E-state index contributed by atoms with van der Waals surface area (Å²) in [6.45, 7) is 0. The highest BCUT2D eigenvalue weighted by atomic mass is 14.8. The summed E-state index contributed by atoms with van der Waals surface area (Å²) in [5.41, 5.74) is 9.85. The Morgan fingerprint density at radius 2 is 2.00 bits per heavy atom. The Morgan fingerprint density at radius 3 is 2.76 bits per heavy atom. The summed E-state index contributed by atoms with van der Waals surface area (Å²) >= 11 is 0. The number of nitrogens with two attached hydrogens (primary N) is 1. The van der Waals surface area contributed by atoms with Gasteiger partial charge in [0.25, 0.3) is 0 Å². The number of fused-ring (bicyclic) bond motifs is 3. The quantitative estimate of drug-likeness (QED) is 0.783. The zero-order valence-corrected chi connectivity index (χ0v) is 10.4. The van der Waals surface area contributed by atoms with E-state index in [1.54, 1.807) is 0 Å². The molecule has 0 amide bonds. The van der Waals surface area contributed by atoms with E-state index in [4.69, 9.17) is 5.73 Å². The number of hydrogen-bond donors (Lipinski definition) is 1. The Kier molecular flexibility index (Phi) is 2.00. The average Bonchev–Trinajstić information content (AvgIpc) is 3.05. The molecule has 4 atom stereocenters. The van der Waals surface area contributed by atoms with Gasteiger partial charge in [0.2, 0.25) is 0 Å². The van der Waals surface area contributed by atoms with Gasteiger partial charge in [-0.05, 0) is 61.0 Å². The van der Waals surface area contributed by atoms with Crippen LogP contribution in [0.5, 0.6) is 0 Å². The number of benzene rings is 1. The summed E-state index contributed by atoms with van der Waals surface area (Å²) in [6.07, 6.45) is 8.15. The lowest BCUT2D eigenvalue weighted by atomic mass is 9.71. The van der Waals surface area contributed by atoms with Crippen LogP contribution < -0.4 is 5.73 Å². The SMILES string of the molecule is NC1(C2CC3CCC2C3)CCc2ccccc21. The minimum atomic E-state index is 0.0103. The van der Waals surface area contributed by atoms with Gasteiger partial charge in [-0.1, -0.05) is 30.7 Å². The fraction of sp³-hybridized carbons (Fsp3) is 0.625. The molecule has 1 heteroatoms. The third-order valence-corrected chi connectivity index (χ3v) is 5.73. The Morgan fingerprint density at radius 1 is 1.12 bits per heavy atom. The van der Waals surface area contributed by atoms with Gasteiger partial charge in [0.15, 0.2) is 0 Å². The van der Waals surface area contributed by atoms with Crippen LogP contribution in [0.15, 0.2) is 24.3 Å². The Bertz CT molecular complexity index is 453. The first-order valence-corrected chi connectivity index (χ1v) is 7.14. The van der Waals surface area contributed by atoms with Crippen molar-refractivity contribution in [2.24, 2.45) is 23.5 Å². The van der Waals surface area contributed by atoms with Crippen LogP contribution in [-0.4, -0.2) is 0 Å². The maximum Gasteiger partial charge on any atom is 0.0446 e. The number of hydrogen-bond acceptors (Lipinski definition) is 1. The molecule has 1 aromatic carbocycles. The number of aryl methyl sites for hydroxylation is 1. The average molecular weight is 227 g/mol. The van der Waals surface area contributed by atoms with E-state index >= 15 is 0 Å². The smallest absolute Gasteiger partial charge is 0.0446 e. The molecular formula is C16H21N. The van der Waals surface area contributed by atoms with Crippen molar-refractivity contribution in [1.82, 2.24) is 0 Å². The second-order valence-electron chi connectivity index (χ2n) is 6.48. The molecule has 0 heterocycles. The van der Waals surface area contributed by atoms with Crippen LogP contribution in [0.4, 0.5) is 0 Å². The van der Waals surface area contributed by atoms with Crippen LogP contribution >= 0.6 is 0 Å². The lowest BCUT2D eigenvalue weighted by molar-refractivity contribution is 0.187. The molecule has 0 aromatic heterocycles. The third-order valence-electron chi connectivity index (χ3n) is 5.73. The maximum absolute atomic E-state index is 6.86. The second kappa shape index (κ2) is 3.35. The molecule has 3 aliphatic carbocycles. The van der Waals surface area contributed by atoms with Crippen molar-refractivity contribution in [3.05, 3.63) is 35.4 Å². The standard InChI is InChI=1S/C16H21N/c17-16(15-10-11-5-6-13(15)9-11)8-7-12-3-1-2-4-14(12)16/h1-4,11,13,15H,5-10,17H2. The lowest BCUT2D eigenvalue weighted by Crippen LogP contribution is -2.44. The van der Waals surface area contributed by atoms with Gasteiger partial charge in [-0.15, -0.1) is 0 Å². The molecule has 4 rings (SSSR count). The Balaban J connectivity index is 1.74. The van der Waals surface area contributed by atoms with Crippen molar-refractivity contribution in [3.63, 3.8) is 0 Å². The predicted molar refractivity (Wildman–Crippen MR) is 69.6 cm³/mol. The summed E-state index contributed by atoms with van der Waals surface area (Å²) < 4.78 is 0. The van der Waals surface area contributed by atoms with Gasteiger partial charge in [0, 0.05) is 5.54 Å². The summed E-state index contributed by atoms with van der Waals surface area (Å²) in [5.74, 6) is 2.69. The fourth-order valence-electron chi connectivity index (χ4n) is 4.93. The zero-order valence-electron chi connectivity index (χ0n) is 10.4. The fourth-order valence-corrected chi connectivity index (χ4v) is 4.93. The van der Waals surface area contributed by atoms with Gasteiger partial charge in [-0.3, -0.25) is 0 Å². The predicted octanol–water partition coefficient (Wildman–Crippen LogP) is 3.22. The highest BCUT2D eigenvalue weighted by molar-refractivity contribution is 5.39. The van der Waals surface area contributed by atoms with Crippen molar-refractivity contribution in [1.29, 1.82) is 0 Å². The normalized spacial score (nSPS) is 43.0. The van der Waals surface area contributed by atoms with Gasteiger partial charge in [0.1, 0.15) is 0 Å².